The first kappa shape index (κ1) is 13.6. The van der Waals surface area contributed by atoms with Gasteiger partial charge in [0.25, 0.3) is 0 Å². The summed E-state index contributed by atoms with van der Waals surface area (Å²) >= 11 is 0. The lowest BCUT2D eigenvalue weighted by Gasteiger charge is -2.21. The SMILES string of the molecule is C#Cc1cccc(NC(CC)CC(C)CC)c1. The van der Waals surface area contributed by atoms with Crippen molar-refractivity contribution in [1.82, 2.24) is 0 Å². The van der Waals surface area contributed by atoms with Crippen LogP contribution in [0.3, 0.4) is 0 Å². The zero-order chi connectivity index (χ0) is 12.7. The smallest absolute Gasteiger partial charge is 0.0354 e. The second-order valence-corrected chi connectivity index (χ2v) is 4.72. The topological polar surface area (TPSA) is 12.0 Å². The number of hydrogen-bond donors (Lipinski definition) is 1. The van der Waals surface area contributed by atoms with E-state index >= 15 is 0 Å². The normalized spacial score (nSPS) is 13.8. The third-order valence-corrected chi connectivity index (χ3v) is 3.28. The fraction of sp³-hybridized carbons (Fsp3) is 0.500. The summed E-state index contributed by atoms with van der Waals surface area (Å²) < 4.78 is 0. The molecule has 1 aromatic carbocycles. The number of benzene rings is 1. The largest absolute Gasteiger partial charge is 0.382 e. The summed E-state index contributed by atoms with van der Waals surface area (Å²) in [6.07, 6.45) is 9.00. The Morgan fingerprint density at radius 1 is 1.29 bits per heavy atom. The van der Waals surface area contributed by atoms with Gasteiger partial charge in [0.1, 0.15) is 0 Å². The molecular formula is C16H23N. The van der Waals surface area contributed by atoms with Gasteiger partial charge >= 0.3 is 0 Å². The first-order valence-electron chi connectivity index (χ1n) is 6.52. The molecule has 0 bridgehead atoms. The van der Waals surface area contributed by atoms with Crippen molar-refractivity contribution in [2.75, 3.05) is 5.32 Å². The van der Waals surface area contributed by atoms with Crippen molar-refractivity contribution in [3.8, 4) is 12.3 Å². The number of hydrogen-bond acceptors (Lipinski definition) is 1. The van der Waals surface area contributed by atoms with Crippen LogP contribution in [-0.2, 0) is 0 Å². The summed E-state index contributed by atoms with van der Waals surface area (Å²) in [5.74, 6) is 3.44. The molecule has 2 atom stereocenters. The second-order valence-electron chi connectivity index (χ2n) is 4.72. The molecule has 0 aromatic heterocycles. The number of anilines is 1. The Bertz CT molecular complexity index is 375. The second kappa shape index (κ2) is 7.01. The lowest BCUT2D eigenvalue weighted by atomic mass is 9.97. The van der Waals surface area contributed by atoms with Crippen LogP contribution in [0.2, 0.25) is 0 Å². The van der Waals surface area contributed by atoms with Gasteiger partial charge in [0.2, 0.25) is 0 Å². The van der Waals surface area contributed by atoms with Gasteiger partial charge in [-0.2, -0.15) is 0 Å². The molecule has 1 heteroatoms. The highest BCUT2D eigenvalue weighted by atomic mass is 14.9. The lowest BCUT2D eigenvalue weighted by Crippen LogP contribution is -2.21. The Labute approximate surface area is 106 Å². The van der Waals surface area contributed by atoms with Gasteiger partial charge in [0.05, 0.1) is 0 Å². The van der Waals surface area contributed by atoms with Gasteiger partial charge < -0.3 is 5.32 Å². The highest BCUT2D eigenvalue weighted by Gasteiger charge is 2.10. The predicted molar refractivity (Wildman–Crippen MR) is 76.2 cm³/mol. The molecule has 1 N–H and O–H groups in total. The maximum atomic E-state index is 5.41. The number of nitrogens with one attached hydrogen (secondary N) is 1. The van der Waals surface area contributed by atoms with Crippen LogP contribution in [0.15, 0.2) is 24.3 Å². The first-order valence-corrected chi connectivity index (χ1v) is 6.52. The summed E-state index contributed by atoms with van der Waals surface area (Å²) in [4.78, 5) is 0. The molecule has 0 fully saturated rings. The predicted octanol–water partition coefficient (Wildman–Crippen LogP) is 4.29. The zero-order valence-electron chi connectivity index (χ0n) is 11.2. The van der Waals surface area contributed by atoms with Crippen LogP contribution in [0.25, 0.3) is 0 Å². The Balaban J connectivity index is 2.64. The van der Waals surface area contributed by atoms with Crippen LogP contribution >= 0.6 is 0 Å². The van der Waals surface area contributed by atoms with Crippen molar-refractivity contribution >= 4 is 5.69 Å². The molecule has 0 aliphatic carbocycles. The van der Waals surface area contributed by atoms with Crippen molar-refractivity contribution in [2.45, 2.75) is 46.1 Å². The first-order chi connectivity index (χ1) is 8.19. The Hall–Kier alpha value is -1.42. The fourth-order valence-corrected chi connectivity index (χ4v) is 1.91. The van der Waals surface area contributed by atoms with Gasteiger partial charge in [-0.25, -0.2) is 0 Å². The van der Waals surface area contributed by atoms with Crippen molar-refractivity contribution in [3.63, 3.8) is 0 Å². The van der Waals surface area contributed by atoms with Gasteiger partial charge in [0, 0.05) is 17.3 Å². The molecule has 1 rings (SSSR count). The van der Waals surface area contributed by atoms with E-state index in [-0.39, 0.29) is 0 Å². The van der Waals surface area contributed by atoms with Gasteiger partial charge in [0.15, 0.2) is 0 Å². The van der Waals surface area contributed by atoms with Gasteiger partial charge in [-0.1, -0.05) is 39.2 Å². The highest BCUT2D eigenvalue weighted by molar-refractivity contribution is 5.50. The van der Waals surface area contributed by atoms with E-state index in [0.29, 0.717) is 6.04 Å². The monoisotopic (exact) mass is 229 g/mol. The van der Waals surface area contributed by atoms with E-state index in [1.54, 1.807) is 0 Å². The van der Waals surface area contributed by atoms with Crippen molar-refractivity contribution in [1.29, 1.82) is 0 Å². The number of rotatable bonds is 6. The molecular weight excluding hydrogens is 206 g/mol. The van der Waals surface area contributed by atoms with Crippen molar-refractivity contribution in [2.24, 2.45) is 5.92 Å². The highest BCUT2D eigenvalue weighted by Crippen LogP contribution is 2.18. The molecule has 1 aromatic rings. The van der Waals surface area contributed by atoms with Crippen LogP contribution in [-0.4, -0.2) is 6.04 Å². The lowest BCUT2D eigenvalue weighted by molar-refractivity contribution is 0.462. The summed E-state index contributed by atoms with van der Waals surface area (Å²) in [6.45, 7) is 6.78. The minimum absolute atomic E-state index is 0.540. The summed E-state index contributed by atoms with van der Waals surface area (Å²) in [6, 6.07) is 8.63. The summed E-state index contributed by atoms with van der Waals surface area (Å²) in [7, 11) is 0. The van der Waals surface area contributed by atoms with E-state index in [2.05, 4.69) is 38.1 Å². The van der Waals surface area contributed by atoms with Crippen LogP contribution in [0.5, 0.6) is 0 Å². The van der Waals surface area contributed by atoms with Crippen LogP contribution < -0.4 is 5.32 Å². The molecule has 0 aliphatic rings. The average molecular weight is 229 g/mol. The maximum Gasteiger partial charge on any atom is 0.0354 e. The Kier molecular flexibility index (Phi) is 5.63. The minimum Gasteiger partial charge on any atom is -0.382 e. The Morgan fingerprint density at radius 3 is 2.65 bits per heavy atom. The van der Waals surface area contributed by atoms with E-state index in [0.717, 1.165) is 23.6 Å². The summed E-state index contributed by atoms with van der Waals surface area (Å²) in [5.41, 5.74) is 2.07. The molecule has 0 aliphatic heterocycles. The molecule has 1 nitrogen and oxygen atoms in total. The molecule has 17 heavy (non-hydrogen) atoms. The van der Waals surface area contributed by atoms with Gasteiger partial charge in [-0.05, 0) is 37.0 Å². The molecule has 0 spiro atoms. The third kappa shape index (κ3) is 4.53. The van der Waals surface area contributed by atoms with E-state index in [4.69, 9.17) is 6.42 Å². The number of terminal acetylenes is 1. The quantitative estimate of drug-likeness (QED) is 0.717. The summed E-state index contributed by atoms with van der Waals surface area (Å²) in [5, 5.41) is 3.57. The standard InChI is InChI=1S/C16H23N/c1-5-13(4)11-15(7-3)17-16-10-8-9-14(6-2)12-16/h2,8-10,12-13,15,17H,5,7,11H2,1,3-4H3. The molecule has 0 radical (unpaired) electrons. The van der Waals surface area contributed by atoms with Gasteiger partial charge in [-0.15, -0.1) is 6.42 Å². The third-order valence-electron chi connectivity index (χ3n) is 3.28. The molecule has 2 unspecified atom stereocenters. The van der Waals surface area contributed by atoms with Crippen LogP contribution in [0.4, 0.5) is 5.69 Å². The Morgan fingerprint density at radius 2 is 2.06 bits per heavy atom. The van der Waals surface area contributed by atoms with Crippen LogP contribution in [0, 0.1) is 18.3 Å². The fourth-order valence-electron chi connectivity index (χ4n) is 1.91. The molecule has 0 saturated carbocycles. The molecule has 92 valence electrons. The van der Waals surface area contributed by atoms with Crippen molar-refractivity contribution in [3.05, 3.63) is 29.8 Å². The van der Waals surface area contributed by atoms with E-state index < -0.39 is 0 Å². The molecule has 0 saturated heterocycles. The average Bonchev–Trinajstić information content (AvgIpc) is 2.37. The van der Waals surface area contributed by atoms with E-state index in [1.165, 1.54) is 12.8 Å². The van der Waals surface area contributed by atoms with Gasteiger partial charge in [-0.3, -0.25) is 0 Å². The zero-order valence-corrected chi connectivity index (χ0v) is 11.2. The van der Waals surface area contributed by atoms with Crippen molar-refractivity contribution < 1.29 is 0 Å². The van der Waals surface area contributed by atoms with E-state index in [1.807, 2.05) is 18.2 Å². The van der Waals surface area contributed by atoms with E-state index in [9.17, 15) is 0 Å². The molecule has 0 heterocycles. The molecule has 0 amide bonds. The minimum atomic E-state index is 0.540. The van der Waals surface area contributed by atoms with Crippen LogP contribution in [0.1, 0.15) is 45.6 Å². The maximum absolute atomic E-state index is 5.41.